The van der Waals surface area contributed by atoms with Crippen LogP contribution >= 0.6 is 0 Å². The lowest BCUT2D eigenvalue weighted by Crippen LogP contribution is -2.45. The Kier molecular flexibility index (Phi) is 5.64. The van der Waals surface area contributed by atoms with Crippen molar-refractivity contribution >= 4 is 5.91 Å². The standard InChI is InChI=1S/C15H28N2O2/c1-12-4-6-13(7-5-12)15(19)17(9-10-18)11-14-3-2-8-16-14/h12-14,16,18H,2-11H2,1H3. The lowest BCUT2D eigenvalue weighted by atomic mass is 9.82. The van der Waals surface area contributed by atoms with Crippen LogP contribution in [0.2, 0.25) is 0 Å². The SMILES string of the molecule is CC1CCC(C(=O)N(CCO)CC2CCCN2)CC1. The molecule has 1 atom stereocenters. The molecule has 19 heavy (non-hydrogen) atoms. The van der Waals surface area contributed by atoms with Crippen molar-refractivity contribution in [2.75, 3.05) is 26.2 Å². The molecule has 0 radical (unpaired) electrons. The van der Waals surface area contributed by atoms with Gasteiger partial charge in [0.15, 0.2) is 0 Å². The van der Waals surface area contributed by atoms with E-state index < -0.39 is 0 Å². The monoisotopic (exact) mass is 268 g/mol. The number of hydrogen-bond acceptors (Lipinski definition) is 3. The lowest BCUT2D eigenvalue weighted by Gasteiger charge is -2.32. The number of aliphatic hydroxyl groups is 1. The van der Waals surface area contributed by atoms with Gasteiger partial charge in [-0.3, -0.25) is 4.79 Å². The molecule has 0 spiro atoms. The Morgan fingerprint density at radius 3 is 2.58 bits per heavy atom. The molecule has 2 rings (SSSR count). The first-order chi connectivity index (χ1) is 9.20. The van der Waals surface area contributed by atoms with E-state index in [0.717, 1.165) is 38.3 Å². The highest BCUT2D eigenvalue weighted by atomic mass is 16.3. The summed E-state index contributed by atoms with van der Waals surface area (Å²) in [5, 5.41) is 12.6. The van der Waals surface area contributed by atoms with Crippen LogP contribution in [-0.4, -0.2) is 48.2 Å². The number of nitrogens with zero attached hydrogens (tertiary/aromatic N) is 1. The molecule has 2 N–H and O–H groups in total. The Balaban J connectivity index is 1.87. The quantitative estimate of drug-likeness (QED) is 0.792. The fourth-order valence-electron chi connectivity index (χ4n) is 3.36. The van der Waals surface area contributed by atoms with Crippen LogP contribution in [0.5, 0.6) is 0 Å². The molecule has 0 aromatic carbocycles. The first-order valence-electron chi connectivity index (χ1n) is 7.83. The molecule has 1 aliphatic heterocycles. The number of nitrogens with one attached hydrogen (secondary N) is 1. The van der Waals surface area contributed by atoms with E-state index in [0.29, 0.717) is 12.6 Å². The maximum absolute atomic E-state index is 12.6. The van der Waals surface area contributed by atoms with Gasteiger partial charge in [0.1, 0.15) is 0 Å². The van der Waals surface area contributed by atoms with E-state index in [4.69, 9.17) is 0 Å². The third kappa shape index (κ3) is 4.18. The van der Waals surface area contributed by atoms with E-state index in [2.05, 4.69) is 12.2 Å². The zero-order chi connectivity index (χ0) is 13.7. The molecule has 1 amide bonds. The van der Waals surface area contributed by atoms with Crippen molar-refractivity contribution in [1.29, 1.82) is 0 Å². The molecule has 1 unspecified atom stereocenters. The molecule has 0 bridgehead atoms. The van der Waals surface area contributed by atoms with Crippen molar-refractivity contribution in [1.82, 2.24) is 10.2 Å². The van der Waals surface area contributed by atoms with E-state index >= 15 is 0 Å². The maximum Gasteiger partial charge on any atom is 0.225 e. The topological polar surface area (TPSA) is 52.6 Å². The molecule has 1 aliphatic carbocycles. The second kappa shape index (κ2) is 7.25. The van der Waals surface area contributed by atoms with Gasteiger partial charge in [-0.05, 0) is 51.0 Å². The summed E-state index contributed by atoms with van der Waals surface area (Å²) in [5.41, 5.74) is 0. The van der Waals surface area contributed by atoms with Crippen LogP contribution in [0.15, 0.2) is 0 Å². The average molecular weight is 268 g/mol. The minimum Gasteiger partial charge on any atom is -0.395 e. The largest absolute Gasteiger partial charge is 0.395 e. The Hall–Kier alpha value is -0.610. The van der Waals surface area contributed by atoms with Gasteiger partial charge in [0.05, 0.1) is 6.61 Å². The highest BCUT2D eigenvalue weighted by Gasteiger charge is 2.29. The van der Waals surface area contributed by atoms with E-state index in [1.165, 1.54) is 19.3 Å². The maximum atomic E-state index is 12.6. The molecule has 2 aliphatic rings. The second-order valence-electron chi connectivity index (χ2n) is 6.26. The zero-order valence-electron chi connectivity index (χ0n) is 12.1. The van der Waals surface area contributed by atoms with Crippen LogP contribution in [0.4, 0.5) is 0 Å². The fraction of sp³-hybridized carbons (Fsp3) is 0.933. The highest BCUT2D eigenvalue weighted by Crippen LogP contribution is 2.29. The molecule has 4 heteroatoms. The molecule has 0 aromatic rings. The summed E-state index contributed by atoms with van der Waals surface area (Å²) in [6, 6.07) is 0.429. The number of aliphatic hydroxyl groups excluding tert-OH is 1. The molecule has 110 valence electrons. The van der Waals surface area contributed by atoms with Crippen LogP contribution in [0.3, 0.4) is 0 Å². The van der Waals surface area contributed by atoms with Gasteiger partial charge >= 0.3 is 0 Å². The molecule has 2 fully saturated rings. The van der Waals surface area contributed by atoms with Gasteiger partial charge in [0, 0.05) is 25.0 Å². The van der Waals surface area contributed by atoms with E-state index in [-0.39, 0.29) is 18.4 Å². The van der Waals surface area contributed by atoms with Crippen LogP contribution < -0.4 is 5.32 Å². The predicted octanol–water partition coefficient (Wildman–Crippen LogP) is 1.39. The second-order valence-corrected chi connectivity index (χ2v) is 6.26. The van der Waals surface area contributed by atoms with Crippen LogP contribution in [0.25, 0.3) is 0 Å². The fourth-order valence-corrected chi connectivity index (χ4v) is 3.36. The van der Waals surface area contributed by atoms with Crippen LogP contribution in [-0.2, 0) is 4.79 Å². The molecule has 0 aromatic heterocycles. The van der Waals surface area contributed by atoms with Crippen LogP contribution in [0, 0.1) is 11.8 Å². The Labute approximate surface area is 116 Å². The third-order valence-corrected chi connectivity index (χ3v) is 4.65. The van der Waals surface area contributed by atoms with Gasteiger partial charge in [-0.1, -0.05) is 6.92 Å². The molecule has 1 saturated heterocycles. The predicted molar refractivity (Wildman–Crippen MR) is 75.8 cm³/mol. The van der Waals surface area contributed by atoms with Gasteiger partial charge < -0.3 is 15.3 Å². The van der Waals surface area contributed by atoms with Gasteiger partial charge in [0.2, 0.25) is 5.91 Å². The number of rotatable bonds is 5. The summed E-state index contributed by atoms with van der Waals surface area (Å²) in [6.07, 6.45) is 6.75. The third-order valence-electron chi connectivity index (χ3n) is 4.65. The number of carbonyl (C=O) groups is 1. The van der Waals surface area contributed by atoms with E-state index in [1.54, 1.807) is 0 Å². The van der Waals surface area contributed by atoms with Crippen molar-refractivity contribution < 1.29 is 9.90 Å². The number of hydrogen-bond donors (Lipinski definition) is 2. The van der Waals surface area contributed by atoms with Crippen molar-refractivity contribution in [3.8, 4) is 0 Å². The first kappa shape index (κ1) is 14.8. The molecule has 1 saturated carbocycles. The molecular formula is C15H28N2O2. The summed E-state index contributed by atoms with van der Waals surface area (Å²) >= 11 is 0. The van der Waals surface area contributed by atoms with Gasteiger partial charge in [0.25, 0.3) is 0 Å². The molecular weight excluding hydrogens is 240 g/mol. The van der Waals surface area contributed by atoms with Crippen molar-refractivity contribution in [3.63, 3.8) is 0 Å². The summed E-state index contributed by atoms with van der Waals surface area (Å²) in [7, 11) is 0. The summed E-state index contributed by atoms with van der Waals surface area (Å²) in [6.45, 7) is 4.66. The smallest absolute Gasteiger partial charge is 0.225 e. The Morgan fingerprint density at radius 1 is 1.26 bits per heavy atom. The normalized spacial score (nSPS) is 31.4. The summed E-state index contributed by atoms with van der Waals surface area (Å²) in [4.78, 5) is 14.5. The summed E-state index contributed by atoms with van der Waals surface area (Å²) < 4.78 is 0. The highest BCUT2D eigenvalue weighted by molar-refractivity contribution is 5.79. The lowest BCUT2D eigenvalue weighted by molar-refractivity contribution is -0.137. The molecule has 4 nitrogen and oxygen atoms in total. The number of carbonyl (C=O) groups excluding carboxylic acids is 1. The minimum absolute atomic E-state index is 0.0710. The van der Waals surface area contributed by atoms with Crippen molar-refractivity contribution in [2.24, 2.45) is 11.8 Å². The van der Waals surface area contributed by atoms with Gasteiger partial charge in [-0.25, -0.2) is 0 Å². The number of amides is 1. The van der Waals surface area contributed by atoms with Gasteiger partial charge in [-0.2, -0.15) is 0 Å². The van der Waals surface area contributed by atoms with E-state index in [1.807, 2.05) is 4.90 Å². The van der Waals surface area contributed by atoms with Crippen LogP contribution in [0.1, 0.15) is 45.4 Å². The Morgan fingerprint density at radius 2 is 2.00 bits per heavy atom. The molecule has 1 heterocycles. The van der Waals surface area contributed by atoms with Crippen molar-refractivity contribution in [2.45, 2.75) is 51.5 Å². The van der Waals surface area contributed by atoms with Gasteiger partial charge in [-0.15, -0.1) is 0 Å². The Bertz CT molecular complexity index is 282. The summed E-state index contributed by atoms with van der Waals surface area (Å²) in [5.74, 6) is 1.24. The van der Waals surface area contributed by atoms with E-state index in [9.17, 15) is 9.90 Å². The first-order valence-corrected chi connectivity index (χ1v) is 7.83. The van der Waals surface area contributed by atoms with Crippen molar-refractivity contribution in [3.05, 3.63) is 0 Å². The minimum atomic E-state index is 0.0710. The average Bonchev–Trinajstić information content (AvgIpc) is 2.91. The zero-order valence-corrected chi connectivity index (χ0v) is 12.1.